The molecule has 0 aliphatic carbocycles. The lowest BCUT2D eigenvalue weighted by molar-refractivity contribution is -0.132. The number of likely N-dealkylation sites (N-methyl/N-ethyl adjacent to an activating group) is 1. The van der Waals surface area contributed by atoms with Crippen molar-refractivity contribution in [3.05, 3.63) is 42.2 Å². The van der Waals surface area contributed by atoms with Crippen molar-refractivity contribution >= 4 is 11.8 Å². The van der Waals surface area contributed by atoms with Gasteiger partial charge in [-0.2, -0.15) is 0 Å². The molecule has 6 heteroatoms. The SMILES string of the molecule is C=CC(=O)N(CC)CC(=O)N[C@H]1CC(C)(C)Oc2ccc(F)cc21. The summed E-state index contributed by atoms with van der Waals surface area (Å²) in [6, 6.07) is 3.91. The fourth-order valence-electron chi connectivity index (χ4n) is 2.84. The molecule has 1 aromatic carbocycles. The van der Waals surface area contributed by atoms with Crippen molar-refractivity contribution in [1.29, 1.82) is 0 Å². The zero-order chi connectivity index (χ0) is 17.9. The van der Waals surface area contributed by atoms with Gasteiger partial charge in [0, 0.05) is 18.5 Å². The molecular formula is C18H23FN2O3. The average Bonchev–Trinajstić information content (AvgIpc) is 2.51. The largest absolute Gasteiger partial charge is 0.487 e. The smallest absolute Gasteiger partial charge is 0.246 e. The number of halogens is 1. The van der Waals surface area contributed by atoms with Gasteiger partial charge in [0.1, 0.15) is 17.2 Å². The number of benzene rings is 1. The summed E-state index contributed by atoms with van der Waals surface area (Å²) in [6.07, 6.45) is 1.69. The van der Waals surface area contributed by atoms with Crippen molar-refractivity contribution in [1.82, 2.24) is 10.2 Å². The Morgan fingerprint density at radius 2 is 2.21 bits per heavy atom. The number of ether oxygens (including phenoxy) is 1. The summed E-state index contributed by atoms with van der Waals surface area (Å²) in [6.45, 7) is 9.39. The van der Waals surface area contributed by atoms with E-state index in [0.29, 0.717) is 24.3 Å². The monoisotopic (exact) mass is 334 g/mol. The number of fused-ring (bicyclic) bond motifs is 1. The van der Waals surface area contributed by atoms with Crippen LogP contribution in [0.25, 0.3) is 0 Å². The molecule has 2 rings (SSSR count). The second-order valence-electron chi connectivity index (χ2n) is 6.42. The number of nitrogens with zero attached hydrogens (tertiary/aromatic N) is 1. The first-order valence-electron chi connectivity index (χ1n) is 7.95. The Kier molecular flexibility index (Phi) is 5.26. The Labute approximate surface area is 141 Å². The van der Waals surface area contributed by atoms with Gasteiger partial charge in [0.25, 0.3) is 0 Å². The highest BCUT2D eigenvalue weighted by molar-refractivity contribution is 5.91. The predicted octanol–water partition coefficient (Wildman–Crippen LogP) is 2.58. The maximum Gasteiger partial charge on any atom is 0.246 e. The molecule has 0 fully saturated rings. The molecule has 1 aliphatic heterocycles. The van der Waals surface area contributed by atoms with Gasteiger partial charge in [-0.15, -0.1) is 0 Å². The molecule has 1 heterocycles. The molecule has 130 valence electrons. The van der Waals surface area contributed by atoms with E-state index in [9.17, 15) is 14.0 Å². The van der Waals surface area contributed by atoms with E-state index >= 15 is 0 Å². The van der Waals surface area contributed by atoms with E-state index < -0.39 is 5.60 Å². The van der Waals surface area contributed by atoms with E-state index in [1.54, 1.807) is 13.0 Å². The third-order valence-electron chi connectivity index (χ3n) is 3.97. The van der Waals surface area contributed by atoms with Crippen LogP contribution in [-0.2, 0) is 9.59 Å². The van der Waals surface area contributed by atoms with Crippen LogP contribution in [0, 0.1) is 5.82 Å². The summed E-state index contributed by atoms with van der Waals surface area (Å²) in [4.78, 5) is 25.4. The second kappa shape index (κ2) is 7.03. The van der Waals surface area contributed by atoms with E-state index in [0.717, 1.165) is 0 Å². The van der Waals surface area contributed by atoms with Crippen LogP contribution in [0.4, 0.5) is 4.39 Å². The minimum atomic E-state index is -0.482. The predicted molar refractivity (Wildman–Crippen MR) is 89.1 cm³/mol. The Bertz CT molecular complexity index is 658. The van der Waals surface area contributed by atoms with Gasteiger partial charge in [-0.1, -0.05) is 6.58 Å². The lowest BCUT2D eigenvalue weighted by Gasteiger charge is -2.38. The molecule has 0 spiro atoms. The maximum absolute atomic E-state index is 13.6. The summed E-state index contributed by atoms with van der Waals surface area (Å²) < 4.78 is 19.4. The van der Waals surface area contributed by atoms with Crippen LogP contribution in [0.15, 0.2) is 30.9 Å². The molecule has 0 radical (unpaired) electrons. The van der Waals surface area contributed by atoms with Crippen molar-refractivity contribution in [2.45, 2.75) is 38.8 Å². The quantitative estimate of drug-likeness (QED) is 0.842. The summed E-state index contributed by atoms with van der Waals surface area (Å²) in [5.41, 5.74) is 0.130. The maximum atomic E-state index is 13.6. The topological polar surface area (TPSA) is 58.6 Å². The first-order chi connectivity index (χ1) is 11.3. The molecular weight excluding hydrogens is 311 g/mol. The molecule has 1 aliphatic rings. The molecule has 0 unspecified atom stereocenters. The van der Waals surface area contributed by atoms with Crippen molar-refractivity contribution in [3.8, 4) is 5.75 Å². The molecule has 0 saturated carbocycles. The first-order valence-corrected chi connectivity index (χ1v) is 7.95. The Balaban J connectivity index is 2.16. The Morgan fingerprint density at radius 3 is 2.83 bits per heavy atom. The van der Waals surface area contributed by atoms with E-state index in [1.807, 2.05) is 13.8 Å². The molecule has 1 atom stereocenters. The lowest BCUT2D eigenvalue weighted by atomic mass is 9.89. The van der Waals surface area contributed by atoms with E-state index in [4.69, 9.17) is 4.74 Å². The van der Waals surface area contributed by atoms with Crippen LogP contribution in [0.1, 0.15) is 38.8 Å². The fourth-order valence-corrected chi connectivity index (χ4v) is 2.84. The number of hydrogen-bond acceptors (Lipinski definition) is 3. The highest BCUT2D eigenvalue weighted by atomic mass is 19.1. The van der Waals surface area contributed by atoms with Crippen molar-refractivity contribution in [3.63, 3.8) is 0 Å². The molecule has 0 aromatic heterocycles. The zero-order valence-electron chi connectivity index (χ0n) is 14.3. The highest BCUT2D eigenvalue weighted by Crippen LogP contribution is 2.39. The van der Waals surface area contributed by atoms with Gasteiger partial charge in [-0.25, -0.2) is 4.39 Å². The molecule has 1 aromatic rings. The minimum Gasteiger partial charge on any atom is -0.487 e. The molecule has 0 bridgehead atoms. The van der Waals surface area contributed by atoms with Crippen LogP contribution >= 0.6 is 0 Å². The molecule has 0 saturated heterocycles. The van der Waals surface area contributed by atoms with Crippen LogP contribution in [-0.4, -0.2) is 35.4 Å². The minimum absolute atomic E-state index is 0.0657. The van der Waals surface area contributed by atoms with E-state index in [2.05, 4.69) is 11.9 Å². The number of hydrogen-bond donors (Lipinski definition) is 1. The van der Waals surface area contributed by atoms with Crippen LogP contribution in [0.3, 0.4) is 0 Å². The van der Waals surface area contributed by atoms with Crippen LogP contribution in [0.5, 0.6) is 5.75 Å². The van der Waals surface area contributed by atoms with Gasteiger partial charge in [0.15, 0.2) is 0 Å². The lowest BCUT2D eigenvalue weighted by Crippen LogP contribution is -2.45. The van der Waals surface area contributed by atoms with Gasteiger partial charge in [-0.05, 0) is 45.0 Å². The van der Waals surface area contributed by atoms with E-state index in [-0.39, 0.29) is 30.2 Å². The summed E-state index contributed by atoms with van der Waals surface area (Å²) in [7, 11) is 0. The summed E-state index contributed by atoms with van der Waals surface area (Å²) in [5.74, 6) is -0.419. The number of rotatable bonds is 5. The fraction of sp³-hybridized carbons (Fsp3) is 0.444. The summed E-state index contributed by atoms with van der Waals surface area (Å²) in [5, 5.41) is 2.89. The highest BCUT2D eigenvalue weighted by Gasteiger charge is 2.35. The van der Waals surface area contributed by atoms with Gasteiger partial charge in [-0.3, -0.25) is 9.59 Å². The number of carbonyl (C=O) groups is 2. The van der Waals surface area contributed by atoms with Crippen molar-refractivity contribution in [2.24, 2.45) is 0 Å². The zero-order valence-corrected chi connectivity index (χ0v) is 14.3. The standard InChI is InChI=1S/C18H23FN2O3/c1-5-17(23)21(6-2)11-16(22)20-14-10-18(3,4)24-15-8-7-12(19)9-13(14)15/h5,7-9,14H,1,6,10-11H2,2-4H3,(H,20,22)/t14-/m0/s1. The van der Waals surface area contributed by atoms with Gasteiger partial charge >= 0.3 is 0 Å². The Morgan fingerprint density at radius 1 is 1.50 bits per heavy atom. The normalized spacial score (nSPS) is 18.1. The molecule has 24 heavy (non-hydrogen) atoms. The van der Waals surface area contributed by atoms with Gasteiger partial charge in [0.2, 0.25) is 11.8 Å². The molecule has 5 nitrogen and oxygen atoms in total. The van der Waals surface area contributed by atoms with Gasteiger partial charge in [0.05, 0.1) is 12.6 Å². The average molecular weight is 334 g/mol. The number of carbonyl (C=O) groups excluding carboxylic acids is 2. The van der Waals surface area contributed by atoms with E-state index in [1.165, 1.54) is 23.1 Å². The van der Waals surface area contributed by atoms with Crippen molar-refractivity contribution in [2.75, 3.05) is 13.1 Å². The number of amides is 2. The Hall–Kier alpha value is -2.37. The third kappa shape index (κ3) is 4.13. The molecule has 1 N–H and O–H groups in total. The molecule has 2 amide bonds. The van der Waals surface area contributed by atoms with Crippen molar-refractivity contribution < 1.29 is 18.7 Å². The summed E-state index contributed by atoms with van der Waals surface area (Å²) >= 11 is 0. The third-order valence-corrected chi connectivity index (χ3v) is 3.97. The van der Waals surface area contributed by atoms with Crippen LogP contribution in [0.2, 0.25) is 0 Å². The number of nitrogens with one attached hydrogen (secondary N) is 1. The van der Waals surface area contributed by atoms with Gasteiger partial charge < -0.3 is 15.0 Å². The van der Waals surface area contributed by atoms with Crippen LogP contribution < -0.4 is 10.1 Å². The first kappa shape index (κ1) is 18.0. The second-order valence-corrected chi connectivity index (χ2v) is 6.42.